The van der Waals surface area contributed by atoms with Crippen molar-refractivity contribution in [2.45, 2.75) is 26.4 Å². The Morgan fingerprint density at radius 3 is 2.58 bits per heavy atom. The molecule has 0 heterocycles. The number of hydrogen-bond donors (Lipinski definition) is 1. The van der Waals surface area contributed by atoms with E-state index in [0.717, 1.165) is 5.56 Å². The molecule has 0 unspecified atom stereocenters. The van der Waals surface area contributed by atoms with Gasteiger partial charge in [0, 0.05) is 5.02 Å². The third-order valence-corrected chi connectivity index (χ3v) is 4.22. The zero-order valence-corrected chi connectivity index (χ0v) is 16.0. The van der Waals surface area contributed by atoms with E-state index in [9.17, 15) is 4.79 Å². The van der Waals surface area contributed by atoms with Gasteiger partial charge in [-0.25, -0.2) is 0 Å². The summed E-state index contributed by atoms with van der Waals surface area (Å²) in [6.45, 7) is 4.54. The van der Waals surface area contributed by atoms with Crippen LogP contribution in [0.2, 0.25) is 5.02 Å². The molecule has 2 aromatic carbocycles. The third-order valence-electron chi connectivity index (χ3n) is 3.81. The summed E-state index contributed by atoms with van der Waals surface area (Å²) >= 11 is 6.06. The van der Waals surface area contributed by atoms with Crippen LogP contribution >= 0.6 is 11.6 Å². The molecule has 1 amide bonds. The molecule has 0 saturated carbocycles. The number of aryl methyl sites for hydroxylation is 1. The molecule has 6 heteroatoms. The highest BCUT2D eigenvalue weighted by atomic mass is 35.5. The van der Waals surface area contributed by atoms with Crippen LogP contribution in [0.25, 0.3) is 0 Å². The quantitative estimate of drug-likeness (QED) is 0.671. The van der Waals surface area contributed by atoms with E-state index in [-0.39, 0.29) is 5.91 Å². The van der Waals surface area contributed by atoms with Crippen molar-refractivity contribution in [1.82, 2.24) is 5.32 Å². The first-order chi connectivity index (χ1) is 12.5. The summed E-state index contributed by atoms with van der Waals surface area (Å²) in [6.07, 6.45) is -0.0571. The molecule has 0 saturated heterocycles. The van der Waals surface area contributed by atoms with E-state index < -0.39 is 6.10 Å². The minimum absolute atomic E-state index is 0.191. The zero-order chi connectivity index (χ0) is 18.9. The fraction of sp³-hybridized carbons (Fsp3) is 0.350. The van der Waals surface area contributed by atoms with Crippen molar-refractivity contribution in [3.8, 4) is 17.2 Å². The average Bonchev–Trinajstić information content (AvgIpc) is 2.66. The Kier molecular flexibility index (Phi) is 7.60. The number of ether oxygens (including phenoxy) is 3. The predicted octanol–water partition coefficient (Wildman–Crippen LogP) is 4.01. The fourth-order valence-corrected chi connectivity index (χ4v) is 2.48. The van der Waals surface area contributed by atoms with Crippen molar-refractivity contribution >= 4 is 17.5 Å². The molecule has 2 aromatic rings. The second kappa shape index (κ2) is 9.92. The van der Waals surface area contributed by atoms with Crippen LogP contribution in [0.1, 0.15) is 18.9 Å². The van der Waals surface area contributed by atoms with Gasteiger partial charge in [0.2, 0.25) is 0 Å². The number of carbonyl (C=O) groups is 1. The monoisotopic (exact) mass is 377 g/mol. The molecule has 0 bridgehead atoms. The molecule has 0 aliphatic heterocycles. The number of amides is 1. The molecule has 5 nitrogen and oxygen atoms in total. The number of nitrogens with one attached hydrogen (secondary N) is 1. The van der Waals surface area contributed by atoms with Crippen LogP contribution in [0.15, 0.2) is 42.5 Å². The van der Waals surface area contributed by atoms with Gasteiger partial charge in [0.1, 0.15) is 12.4 Å². The van der Waals surface area contributed by atoms with E-state index >= 15 is 0 Å². The lowest BCUT2D eigenvalue weighted by atomic mass is 10.2. The van der Waals surface area contributed by atoms with Crippen molar-refractivity contribution < 1.29 is 19.0 Å². The lowest BCUT2D eigenvalue weighted by molar-refractivity contribution is -0.128. The number of rotatable bonds is 9. The van der Waals surface area contributed by atoms with Crippen molar-refractivity contribution in [3.05, 3.63) is 53.1 Å². The SMILES string of the molecule is CC[C@@H](Oc1ccccc1OC)C(=O)NCCOc1ccc(C)c(Cl)c1. The molecule has 0 aliphatic rings. The molecule has 26 heavy (non-hydrogen) atoms. The summed E-state index contributed by atoms with van der Waals surface area (Å²) in [7, 11) is 1.57. The standard InChI is InChI=1S/C20H24ClNO4/c1-4-17(26-19-8-6-5-7-18(19)24-3)20(23)22-11-12-25-15-10-9-14(2)16(21)13-15/h5-10,13,17H,4,11-12H2,1-3H3,(H,22,23)/t17-/m1/s1. The Bertz CT molecular complexity index is 736. The van der Waals surface area contributed by atoms with Gasteiger partial charge in [-0.05, 0) is 43.2 Å². The van der Waals surface area contributed by atoms with Crippen LogP contribution in [0.5, 0.6) is 17.2 Å². The minimum Gasteiger partial charge on any atom is -0.493 e. The molecule has 2 rings (SSSR count). The highest BCUT2D eigenvalue weighted by molar-refractivity contribution is 6.31. The van der Waals surface area contributed by atoms with Gasteiger partial charge in [0.05, 0.1) is 13.7 Å². The van der Waals surface area contributed by atoms with Gasteiger partial charge >= 0.3 is 0 Å². The molecule has 0 radical (unpaired) electrons. The number of carbonyl (C=O) groups excluding carboxylic acids is 1. The summed E-state index contributed by atoms with van der Waals surface area (Å²) in [5, 5.41) is 3.48. The van der Waals surface area contributed by atoms with Crippen molar-refractivity contribution in [2.24, 2.45) is 0 Å². The lowest BCUT2D eigenvalue weighted by Crippen LogP contribution is -2.39. The second-order valence-electron chi connectivity index (χ2n) is 5.72. The molecule has 1 N–H and O–H groups in total. The van der Waals surface area contributed by atoms with Gasteiger partial charge in [-0.1, -0.05) is 36.7 Å². The van der Waals surface area contributed by atoms with Gasteiger partial charge in [0.15, 0.2) is 17.6 Å². The van der Waals surface area contributed by atoms with Crippen molar-refractivity contribution in [1.29, 1.82) is 0 Å². The fourth-order valence-electron chi connectivity index (χ4n) is 2.31. The zero-order valence-electron chi connectivity index (χ0n) is 15.3. The molecular formula is C20H24ClNO4. The van der Waals surface area contributed by atoms with Gasteiger partial charge in [-0.15, -0.1) is 0 Å². The average molecular weight is 378 g/mol. The van der Waals surface area contributed by atoms with Crippen LogP contribution < -0.4 is 19.5 Å². The smallest absolute Gasteiger partial charge is 0.261 e. The number of benzene rings is 2. The van der Waals surface area contributed by atoms with Crippen LogP contribution in [0.4, 0.5) is 0 Å². The van der Waals surface area contributed by atoms with Crippen LogP contribution in [-0.4, -0.2) is 32.3 Å². The Morgan fingerprint density at radius 2 is 1.92 bits per heavy atom. The molecule has 140 valence electrons. The van der Waals surface area contributed by atoms with Gasteiger partial charge in [0.25, 0.3) is 5.91 Å². The number of hydrogen-bond acceptors (Lipinski definition) is 4. The maximum atomic E-state index is 12.3. The molecule has 0 aromatic heterocycles. The molecular weight excluding hydrogens is 354 g/mol. The second-order valence-corrected chi connectivity index (χ2v) is 6.12. The Morgan fingerprint density at radius 1 is 1.19 bits per heavy atom. The number of methoxy groups -OCH3 is 1. The van der Waals surface area contributed by atoms with Crippen molar-refractivity contribution in [3.63, 3.8) is 0 Å². The van der Waals surface area contributed by atoms with Gasteiger partial charge in [-0.2, -0.15) is 0 Å². The third kappa shape index (κ3) is 5.56. The molecule has 0 aliphatic carbocycles. The summed E-state index contributed by atoms with van der Waals surface area (Å²) in [6, 6.07) is 12.8. The summed E-state index contributed by atoms with van der Waals surface area (Å²) < 4.78 is 16.6. The minimum atomic E-state index is -0.597. The summed E-state index contributed by atoms with van der Waals surface area (Å²) in [4.78, 5) is 12.3. The highest BCUT2D eigenvalue weighted by Gasteiger charge is 2.19. The lowest BCUT2D eigenvalue weighted by Gasteiger charge is -2.19. The van der Waals surface area contributed by atoms with Gasteiger partial charge in [-0.3, -0.25) is 4.79 Å². The maximum absolute atomic E-state index is 12.3. The summed E-state index contributed by atoms with van der Waals surface area (Å²) in [5.41, 5.74) is 0.992. The van der Waals surface area contributed by atoms with E-state index in [2.05, 4.69) is 5.32 Å². The van der Waals surface area contributed by atoms with E-state index in [1.807, 2.05) is 38.1 Å². The molecule has 0 fully saturated rings. The van der Waals surface area contributed by atoms with Gasteiger partial charge < -0.3 is 19.5 Å². The largest absolute Gasteiger partial charge is 0.493 e. The Hall–Kier alpha value is -2.40. The Labute approximate surface area is 159 Å². The first-order valence-electron chi connectivity index (χ1n) is 8.51. The normalized spacial score (nSPS) is 11.5. The molecule has 1 atom stereocenters. The van der Waals surface area contributed by atoms with E-state index in [4.69, 9.17) is 25.8 Å². The topological polar surface area (TPSA) is 56.8 Å². The first kappa shape index (κ1) is 19.9. The van der Waals surface area contributed by atoms with E-state index in [1.54, 1.807) is 25.3 Å². The van der Waals surface area contributed by atoms with E-state index in [1.165, 1.54) is 0 Å². The number of halogens is 1. The van der Waals surface area contributed by atoms with Crippen molar-refractivity contribution in [2.75, 3.05) is 20.3 Å². The highest BCUT2D eigenvalue weighted by Crippen LogP contribution is 2.27. The van der Waals surface area contributed by atoms with Crippen LogP contribution in [-0.2, 0) is 4.79 Å². The molecule has 0 spiro atoms. The first-order valence-corrected chi connectivity index (χ1v) is 8.89. The van der Waals surface area contributed by atoms with E-state index in [0.29, 0.717) is 41.8 Å². The predicted molar refractivity (Wildman–Crippen MR) is 102 cm³/mol. The Balaban J connectivity index is 1.82. The maximum Gasteiger partial charge on any atom is 0.261 e. The van der Waals surface area contributed by atoms with Crippen LogP contribution in [0.3, 0.4) is 0 Å². The number of para-hydroxylation sites is 2. The van der Waals surface area contributed by atoms with Crippen LogP contribution in [0, 0.1) is 6.92 Å². The summed E-state index contributed by atoms with van der Waals surface area (Å²) in [5.74, 6) is 1.62.